The van der Waals surface area contributed by atoms with Crippen molar-refractivity contribution < 1.29 is 54.9 Å². The number of benzene rings is 2. The molecule has 1 aliphatic heterocycles. The maximum absolute atomic E-state index is 14.9. The summed E-state index contributed by atoms with van der Waals surface area (Å²) in [6.07, 6.45) is -6.19. The van der Waals surface area contributed by atoms with Gasteiger partial charge < -0.3 is 25.2 Å². The molecule has 258 valence electrons. The average molecular weight is 693 g/mol. The molecule has 0 saturated heterocycles. The first-order valence-corrected chi connectivity index (χ1v) is 14.9. The Hall–Kier alpha value is -4.99. The molecule has 2 aromatic carbocycles. The summed E-state index contributed by atoms with van der Waals surface area (Å²) in [6, 6.07) is 8.66. The van der Waals surface area contributed by atoms with E-state index in [-0.39, 0.29) is 50.9 Å². The van der Waals surface area contributed by atoms with Crippen molar-refractivity contribution in [1.82, 2.24) is 20.6 Å². The van der Waals surface area contributed by atoms with Crippen LogP contribution in [0.2, 0.25) is 0 Å². The van der Waals surface area contributed by atoms with Gasteiger partial charge in [0.15, 0.2) is 0 Å². The molecule has 2 atom stereocenters. The van der Waals surface area contributed by atoms with Crippen LogP contribution in [0.1, 0.15) is 41.4 Å². The van der Waals surface area contributed by atoms with Gasteiger partial charge in [0.1, 0.15) is 46.4 Å². The first-order chi connectivity index (χ1) is 23.1. The lowest BCUT2D eigenvalue weighted by Gasteiger charge is -2.31. The van der Waals surface area contributed by atoms with Crippen molar-refractivity contribution in [3.63, 3.8) is 0 Å². The van der Waals surface area contributed by atoms with Crippen LogP contribution < -0.4 is 20.1 Å². The van der Waals surface area contributed by atoms with E-state index < -0.39 is 72.5 Å². The summed E-state index contributed by atoms with van der Waals surface area (Å²) in [4.78, 5) is 34.5. The second-order valence-electron chi connectivity index (χ2n) is 12.0. The number of hydrogen-bond acceptors (Lipinski definition) is 7. The number of pyridine rings is 2. The molecular formula is C33H27F7N4O5. The number of aromatic nitrogens is 2. The minimum absolute atomic E-state index is 0.0468. The van der Waals surface area contributed by atoms with Crippen molar-refractivity contribution in [2.75, 3.05) is 19.7 Å². The molecule has 0 bridgehead atoms. The molecule has 1 fully saturated rings. The van der Waals surface area contributed by atoms with Crippen molar-refractivity contribution in [3.05, 3.63) is 83.2 Å². The number of amides is 2. The highest BCUT2D eigenvalue weighted by atomic mass is 19.4. The molecule has 49 heavy (non-hydrogen) atoms. The van der Waals surface area contributed by atoms with Crippen LogP contribution in [0, 0.1) is 11.6 Å². The van der Waals surface area contributed by atoms with Crippen LogP contribution in [-0.4, -0.2) is 65.3 Å². The highest BCUT2D eigenvalue weighted by Gasteiger charge is 2.58. The molecule has 1 unspecified atom stereocenters. The normalized spacial score (nSPS) is 18.5. The van der Waals surface area contributed by atoms with Crippen LogP contribution in [0.15, 0.2) is 54.7 Å². The third-order valence-electron chi connectivity index (χ3n) is 8.30. The first kappa shape index (κ1) is 33.9. The smallest absolute Gasteiger partial charge is 0.424 e. The summed E-state index contributed by atoms with van der Waals surface area (Å²) < 4.78 is 110. The molecule has 1 saturated carbocycles. The number of fused-ring (bicyclic) bond motifs is 2. The predicted molar refractivity (Wildman–Crippen MR) is 159 cm³/mol. The van der Waals surface area contributed by atoms with Crippen molar-refractivity contribution in [2.45, 2.75) is 49.5 Å². The molecule has 2 amide bonds. The van der Waals surface area contributed by atoms with E-state index in [2.05, 4.69) is 15.3 Å². The molecule has 16 heteroatoms. The maximum Gasteiger partial charge on any atom is 0.424 e. The largest absolute Gasteiger partial charge is 0.489 e. The minimum Gasteiger partial charge on any atom is -0.489 e. The van der Waals surface area contributed by atoms with Gasteiger partial charge in [-0.2, -0.15) is 13.2 Å². The molecule has 0 radical (unpaired) electrons. The highest BCUT2D eigenvalue weighted by Crippen LogP contribution is 2.48. The van der Waals surface area contributed by atoms with E-state index in [4.69, 9.17) is 9.47 Å². The Labute approximate surface area is 273 Å². The summed E-state index contributed by atoms with van der Waals surface area (Å²) in [6.45, 7) is -1.76. The summed E-state index contributed by atoms with van der Waals surface area (Å²) in [7, 11) is 0. The van der Waals surface area contributed by atoms with E-state index >= 15 is 0 Å². The monoisotopic (exact) mass is 692 g/mol. The molecule has 9 nitrogen and oxygen atoms in total. The van der Waals surface area contributed by atoms with Gasteiger partial charge >= 0.3 is 6.18 Å². The zero-order chi connectivity index (χ0) is 35.3. The van der Waals surface area contributed by atoms with Crippen LogP contribution in [0.4, 0.5) is 30.7 Å². The van der Waals surface area contributed by atoms with Crippen molar-refractivity contribution >= 4 is 22.7 Å². The zero-order valence-electron chi connectivity index (χ0n) is 25.5. The van der Waals surface area contributed by atoms with Crippen LogP contribution in [-0.2, 0) is 15.8 Å². The Kier molecular flexibility index (Phi) is 8.63. The van der Waals surface area contributed by atoms with Crippen molar-refractivity contribution in [3.8, 4) is 22.8 Å². The molecular weight excluding hydrogens is 665 g/mol. The van der Waals surface area contributed by atoms with Gasteiger partial charge in [-0.3, -0.25) is 9.59 Å². The van der Waals surface area contributed by atoms with Gasteiger partial charge in [0.05, 0.1) is 31.1 Å². The van der Waals surface area contributed by atoms with Gasteiger partial charge in [-0.05, 0) is 68.3 Å². The third kappa shape index (κ3) is 6.56. The second kappa shape index (κ2) is 12.5. The Morgan fingerprint density at radius 2 is 1.78 bits per heavy atom. The van der Waals surface area contributed by atoms with Gasteiger partial charge in [0, 0.05) is 22.1 Å². The third-order valence-corrected chi connectivity index (χ3v) is 8.30. The molecule has 3 N–H and O–H groups in total. The van der Waals surface area contributed by atoms with E-state index in [0.717, 1.165) is 43.3 Å². The number of carbonyl (C=O) groups excluding carboxylic acids is 2. The highest BCUT2D eigenvalue weighted by molar-refractivity contribution is 6.00. The van der Waals surface area contributed by atoms with Crippen LogP contribution >= 0.6 is 0 Å². The van der Waals surface area contributed by atoms with Crippen LogP contribution in [0.5, 0.6) is 11.5 Å². The summed E-state index contributed by atoms with van der Waals surface area (Å²) in [5.41, 5.74) is -7.25. The molecule has 0 spiro atoms. The van der Waals surface area contributed by atoms with E-state index in [0.29, 0.717) is 0 Å². The number of nitrogens with one attached hydrogen (secondary N) is 2. The molecule has 2 aliphatic rings. The fourth-order valence-electron chi connectivity index (χ4n) is 5.37. The minimum atomic E-state index is -5.49. The van der Waals surface area contributed by atoms with Gasteiger partial charge in [-0.15, -0.1) is 0 Å². The Bertz CT molecular complexity index is 1940. The molecule has 4 aromatic rings. The molecule has 2 aromatic heterocycles. The maximum atomic E-state index is 14.9. The molecule has 1 aliphatic carbocycles. The topological polar surface area (TPSA) is 123 Å². The van der Waals surface area contributed by atoms with Crippen LogP contribution in [0.3, 0.4) is 0 Å². The van der Waals surface area contributed by atoms with Gasteiger partial charge in [0.2, 0.25) is 11.5 Å². The fourth-order valence-corrected chi connectivity index (χ4v) is 5.37. The fraction of sp³-hybridized carbons (Fsp3) is 0.333. The van der Waals surface area contributed by atoms with E-state index in [1.807, 2.05) is 5.32 Å². The molecule has 3 heterocycles. The van der Waals surface area contributed by atoms with Crippen LogP contribution in [0.25, 0.3) is 22.2 Å². The number of aliphatic hydroxyl groups is 1. The number of hydrogen-bond donors (Lipinski definition) is 3. The molecule has 6 rings (SSSR count). The lowest BCUT2D eigenvalue weighted by Crippen LogP contribution is -2.52. The van der Waals surface area contributed by atoms with Gasteiger partial charge in [-0.25, -0.2) is 27.5 Å². The van der Waals surface area contributed by atoms with E-state index in [9.17, 15) is 45.4 Å². The number of nitrogens with zero attached hydrogens (tertiary/aromatic N) is 2. The zero-order valence-corrected chi connectivity index (χ0v) is 25.5. The summed E-state index contributed by atoms with van der Waals surface area (Å²) in [5, 5.41) is 15.6. The number of halogens is 7. The Morgan fingerprint density at radius 3 is 2.43 bits per heavy atom. The second-order valence-corrected chi connectivity index (χ2v) is 12.0. The number of rotatable bonds is 10. The summed E-state index contributed by atoms with van der Waals surface area (Å²) in [5.74, 6) is -3.56. The quantitative estimate of drug-likeness (QED) is 0.192. The standard InChI is InChI=1S/C33H27F7N4O5/c1-31(30(46)42-13-25(36)37)15-48-28-22(31)11-24(44-27(28)16-2-4-19(34)5-3-16)32(47,33(38,39)40)14-43-29(45)18-8-17-9-20(35)12-41-26(17)23(10-18)49-21-6-7-21/h2-5,8-12,21,25,47H,6-7,13-15H2,1H3,(H,42,46)(H,43,45)/t31-,32?/m0/s1. The summed E-state index contributed by atoms with van der Waals surface area (Å²) >= 11 is 0. The first-order valence-electron chi connectivity index (χ1n) is 14.9. The Morgan fingerprint density at radius 1 is 1.06 bits per heavy atom. The number of alkyl halides is 5. The number of ether oxygens (including phenoxy) is 2. The SMILES string of the molecule is C[C@]1(C(=O)NCC(F)F)COc2c1cc(C(O)(CNC(=O)c1cc(OC3CC3)c3ncc(F)cc3c1)C(F)(F)F)nc2-c1ccc(F)cc1. The van der Waals surface area contributed by atoms with E-state index in [1.54, 1.807) is 0 Å². The predicted octanol–water partition coefficient (Wildman–Crippen LogP) is 5.33. The van der Waals surface area contributed by atoms with E-state index in [1.165, 1.54) is 31.2 Å². The Balaban J connectivity index is 1.40. The van der Waals surface area contributed by atoms with Gasteiger partial charge in [0.25, 0.3) is 12.3 Å². The number of carbonyl (C=O) groups is 2. The van der Waals surface area contributed by atoms with Crippen molar-refractivity contribution in [1.29, 1.82) is 0 Å². The lowest BCUT2D eigenvalue weighted by atomic mass is 9.81. The average Bonchev–Trinajstić information content (AvgIpc) is 3.81. The lowest BCUT2D eigenvalue weighted by molar-refractivity contribution is -0.265. The van der Waals surface area contributed by atoms with Gasteiger partial charge in [-0.1, -0.05) is 0 Å². The van der Waals surface area contributed by atoms with Crippen molar-refractivity contribution in [2.24, 2.45) is 0 Å².